The van der Waals surface area contributed by atoms with Crippen LogP contribution in [0, 0.1) is 17.2 Å². The summed E-state index contributed by atoms with van der Waals surface area (Å²) in [6.07, 6.45) is 3.16. The lowest BCUT2D eigenvalue weighted by Gasteiger charge is -2.22. The summed E-state index contributed by atoms with van der Waals surface area (Å²) in [6.45, 7) is 1.65. The number of carbonyl (C=O) groups excluding carboxylic acids is 1. The molecule has 1 N–H and O–H groups in total. The van der Waals surface area contributed by atoms with Crippen molar-refractivity contribution in [2.24, 2.45) is 5.92 Å². The average Bonchev–Trinajstić information content (AvgIpc) is 3.12. The monoisotopic (exact) mass is 267 g/mol. The van der Waals surface area contributed by atoms with Crippen LogP contribution in [-0.4, -0.2) is 29.9 Å². The number of benzene rings is 1. The van der Waals surface area contributed by atoms with Crippen LogP contribution in [-0.2, 0) is 10.2 Å². The largest absolute Gasteiger partial charge is 0.325 e. The first-order valence-electron chi connectivity index (χ1n) is 7.27. The summed E-state index contributed by atoms with van der Waals surface area (Å²) in [5, 5.41) is 12.4. The summed E-state index contributed by atoms with van der Waals surface area (Å²) in [4.78, 5) is 14.7. The third-order valence-electron chi connectivity index (χ3n) is 4.92. The lowest BCUT2D eigenvalue weighted by molar-refractivity contribution is -0.120. The number of likely N-dealkylation sites (tertiary alicyclic amines) is 1. The van der Waals surface area contributed by atoms with E-state index in [9.17, 15) is 10.1 Å². The highest BCUT2D eigenvalue weighted by molar-refractivity contribution is 6.06. The fourth-order valence-electron chi connectivity index (χ4n) is 3.67. The molecule has 1 aromatic rings. The molecule has 4 heteroatoms. The van der Waals surface area contributed by atoms with Crippen molar-refractivity contribution in [2.45, 2.75) is 30.7 Å². The summed E-state index contributed by atoms with van der Waals surface area (Å²) >= 11 is 0. The topological polar surface area (TPSA) is 56.1 Å². The van der Waals surface area contributed by atoms with Crippen molar-refractivity contribution in [3.8, 4) is 6.07 Å². The van der Waals surface area contributed by atoms with Crippen LogP contribution in [0.2, 0.25) is 0 Å². The van der Waals surface area contributed by atoms with E-state index in [2.05, 4.69) is 16.3 Å². The molecule has 2 aliphatic heterocycles. The lowest BCUT2D eigenvalue weighted by atomic mass is 9.80. The molecule has 0 unspecified atom stereocenters. The minimum atomic E-state index is -0.508. The highest BCUT2D eigenvalue weighted by Crippen LogP contribution is 2.47. The van der Waals surface area contributed by atoms with Crippen molar-refractivity contribution in [3.05, 3.63) is 29.8 Å². The molecule has 0 aromatic heterocycles. The second-order valence-corrected chi connectivity index (χ2v) is 6.30. The van der Waals surface area contributed by atoms with E-state index < -0.39 is 5.41 Å². The van der Waals surface area contributed by atoms with Crippen LogP contribution in [0.5, 0.6) is 0 Å². The van der Waals surface area contributed by atoms with Gasteiger partial charge in [0.2, 0.25) is 5.91 Å². The van der Waals surface area contributed by atoms with Crippen LogP contribution in [0.4, 0.5) is 5.69 Å². The number of nitrogens with one attached hydrogen (secondary N) is 1. The van der Waals surface area contributed by atoms with E-state index in [1.54, 1.807) is 0 Å². The standard InChI is InChI=1S/C16H17N3O/c17-8-12-7-16(10-19(12)9-11-5-6-11)13-3-1-2-4-14(13)18-15(16)20/h1-4,11-12H,5-7,9-10H2,(H,18,20)/t12-,16-/m0/s1. The Morgan fingerprint density at radius 3 is 2.95 bits per heavy atom. The number of hydrogen-bond acceptors (Lipinski definition) is 3. The maximum absolute atomic E-state index is 12.5. The highest BCUT2D eigenvalue weighted by Gasteiger charge is 2.55. The molecule has 4 nitrogen and oxygen atoms in total. The molecule has 1 saturated heterocycles. The van der Waals surface area contributed by atoms with Gasteiger partial charge in [0.1, 0.15) is 0 Å². The normalized spacial score (nSPS) is 32.1. The Hall–Kier alpha value is -1.86. The molecule has 2 atom stereocenters. The van der Waals surface area contributed by atoms with E-state index in [1.165, 1.54) is 12.8 Å². The van der Waals surface area contributed by atoms with Gasteiger partial charge in [0.15, 0.2) is 0 Å². The fourth-order valence-corrected chi connectivity index (χ4v) is 3.67. The zero-order valence-electron chi connectivity index (χ0n) is 11.3. The Kier molecular flexibility index (Phi) is 2.42. The Morgan fingerprint density at radius 1 is 1.40 bits per heavy atom. The van der Waals surface area contributed by atoms with Gasteiger partial charge in [-0.25, -0.2) is 0 Å². The molecule has 2 heterocycles. The summed E-state index contributed by atoms with van der Waals surface area (Å²) in [6, 6.07) is 10.2. The molecule has 1 aliphatic carbocycles. The Balaban J connectivity index is 1.71. The van der Waals surface area contributed by atoms with E-state index in [1.807, 2.05) is 24.3 Å². The van der Waals surface area contributed by atoms with Gasteiger partial charge in [0.05, 0.1) is 17.5 Å². The molecule has 102 valence electrons. The number of anilines is 1. The third-order valence-corrected chi connectivity index (χ3v) is 4.92. The van der Waals surface area contributed by atoms with Gasteiger partial charge in [-0.1, -0.05) is 18.2 Å². The molecule has 2 fully saturated rings. The van der Waals surface area contributed by atoms with Crippen LogP contribution in [0.1, 0.15) is 24.8 Å². The second-order valence-electron chi connectivity index (χ2n) is 6.30. The number of hydrogen-bond donors (Lipinski definition) is 1. The maximum Gasteiger partial charge on any atom is 0.236 e. The summed E-state index contributed by atoms with van der Waals surface area (Å²) in [7, 11) is 0. The summed E-state index contributed by atoms with van der Waals surface area (Å²) in [5.41, 5.74) is 1.48. The predicted molar refractivity (Wildman–Crippen MR) is 75.1 cm³/mol. The van der Waals surface area contributed by atoms with Crippen LogP contribution >= 0.6 is 0 Å². The minimum Gasteiger partial charge on any atom is -0.325 e. The molecule has 20 heavy (non-hydrogen) atoms. The molecule has 0 bridgehead atoms. The molecule has 1 aromatic carbocycles. The van der Waals surface area contributed by atoms with Crippen LogP contribution in [0.15, 0.2) is 24.3 Å². The van der Waals surface area contributed by atoms with Gasteiger partial charge in [-0.15, -0.1) is 0 Å². The van der Waals surface area contributed by atoms with E-state index in [0.717, 1.165) is 23.7 Å². The van der Waals surface area contributed by atoms with Crippen LogP contribution in [0.25, 0.3) is 0 Å². The Bertz CT molecular complexity index is 616. The summed E-state index contributed by atoms with van der Waals surface area (Å²) < 4.78 is 0. The van der Waals surface area contributed by atoms with Gasteiger partial charge in [0.25, 0.3) is 0 Å². The number of nitriles is 1. The molecule has 0 radical (unpaired) electrons. The van der Waals surface area contributed by atoms with Crippen LogP contribution < -0.4 is 5.32 Å². The zero-order chi connectivity index (χ0) is 13.7. The van der Waals surface area contributed by atoms with E-state index >= 15 is 0 Å². The molecule has 3 aliphatic rings. The average molecular weight is 267 g/mol. The third kappa shape index (κ3) is 1.60. The fraction of sp³-hybridized carbons (Fsp3) is 0.500. The van der Waals surface area contributed by atoms with Gasteiger partial charge in [-0.05, 0) is 36.8 Å². The van der Waals surface area contributed by atoms with Gasteiger partial charge in [0, 0.05) is 18.8 Å². The number of nitrogens with zero attached hydrogens (tertiary/aromatic N) is 2. The smallest absolute Gasteiger partial charge is 0.236 e. The predicted octanol–water partition coefficient (Wildman–Crippen LogP) is 1.88. The van der Waals surface area contributed by atoms with Gasteiger partial charge in [-0.3, -0.25) is 9.69 Å². The SMILES string of the molecule is N#C[C@@H]1C[C@@]2(CN1CC1CC1)C(=O)Nc1ccccc12. The first kappa shape index (κ1) is 11.9. The molecular formula is C16H17N3O. The highest BCUT2D eigenvalue weighted by atomic mass is 16.2. The molecule has 1 spiro atoms. The van der Waals surface area contributed by atoms with Gasteiger partial charge < -0.3 is 5.32 Å². The first-order valence-corrected chi connectivity index (χ1v) is 7.27. The van der Waals surface area contributed by atoms with Crippen molar-refractivity contribution in [2.75, 3.05) is 18.4 Å². The van der Waals surface area contributed by atoms with E-state index in [0.29, 0.717) is 13.0 Å². The lowest BCUT2D eigenvalue weighted by Crippen LogP contribution is -2.38. The number of rotatable bonds is 2. The van der Waals surface area contributed by atoms with Gasteiger partial charge >= 0.3 is 0 Å². The molecule has 4 rings (SSSR count). The van der Waals surface area contributed by atoms with E-state index in [-0.39, 0.29) is 11.9 Å². The maximum atomic E-state index is 12.5. The van der Waals surface area contributed by atoms with Crippen molar-refractivity contribution in [1.29, 1.82) is 5.26 Å². The number of fused-ring (bicyclic) bond motifs is 2. The summed E-state index contributed by atoms with van der Waals surface area (Å²) in [5.74, 6) is 0.804. The molecule has 1 saturated carbocycles. The van der Waals surface area contributed by atoms with Crippen LogP contribution in [0.3, 0.4) is 0 Å². The minimum absolute atomic E-state index is 0.0669. The Labute approximate surface area is 118 Å². The van der Waals surface area contributed by atoms with Crippen molar-refractivity contribution < 1.29 is 4.79 Å². The van der Waals surface area contributed by atoms with E-state index in [4.69, 9.17) is 0 Å². The van der Waals surface area contributed by atoms with Crippen molar-refractivity contribution in [3.63, 3.8) is 0 Å². The second kappa shape index (κ2) is 4.07. The quantitative estimate of drug-likeness (QED) is 0.890. The van der Waals surface area contributed by atoms with Crippen molar-refractivity contribution >= 4 is 11.6 Å². The number of para-hydroxylation sites is 1. The number of amides is 1. The Morgan fingerprint density at radius 2 is 2.20 bits per heavy atom. The first-order chi connectivity index (χ1) is 9.73. The molecule has 1 amide bonds. The van der Waals surface area contributed by atoms with Crippen molar-refractivity contribution in [1.82, 2.24) is 4.90 Å². The molecular weight excluding hydrogens is 250 g/mol. The zero-order valence-corrected chi connectivity index (χ0v) is 11.3. The van der Waals surface area contributed by atoms with Gasteiger partial charge in [-0.2, -0.15) is 5.26 Å². The number of carbonyl (C=O) groups is 1.